The summed E-state index contributed by atoms with van der Waals surface area (Å²) in [6.07, 6.45) is 7.24. The highest BCUT2D eigenvalue weighted by Gasteiger charge is 2.10. The molecule has 9 nitrogen and oxygen atoms in total. The highest BCUT2D eigenvalue weighted by Crippen LogP contribution is 2.23. The largest absolute Gasteiger partial charge is 0.508 e. The zero-order valence-electron chi connectivity index (χ0n) is 24.4. The van der Waals surface area contributed by atoms with Gasteiger partial charge in [-0.3, -0.25) is 0 Å². The highest BCUT2D eigenvalue weighted by molar-refractivity contribution is 5.90. The van der Waals surface area contributed by atoms with Gasteiger partial charge in [-0.15, -0.1) is 0 Å². The molecule has 0 aliphatic carbocycles. The third kappa shape index (κ3) is 13.4. The van der Waals surface area contributed by atoms with Crippen LogP contribution < -0.4 is 10.1 Å². The fourth-order valence-electron chi connectivity index (χ4n) is 4.20. The summed E-state index contributed by atoms with van der Waals surface area (Å²) in [4.78, 5) is 10.4. The number of hydrogen-bond donors (Lipinski definition) is 6. The van der Waals surface area contributed by atoms with E-state index in [1.165, 1.54) is 43.4 Å². The van der Waals surface area contributed by atoms with E-state index in [4.69, 9.17) is 19.7 Å². The number of carboxylic acid groups (broad SMARTS) is 1. The molecule has 0 saturated carbocycles. The van der Waals surface area contributed by atoms with Crippen molar-refractivity contribution in [2.45, 2.75) is 57.7 Å². The van der Waals surface area contributed by atoms with E-state index in [0.29, 0.717) is 23.4 Å². The minimum absolute atomic E-state index is 0.0533. The van der Waals surface area contributed by atoms with Crippen LogP contribution in [-0.2, 0) is 17.8 Å². The number of aliphatic hydroxyl groups is 2. The number of ether oxygens (including phenoxy) is 2. The SMILES string of the molecule is COc1ccc(C(=O)O)c(O)c1.OCc1cc(C(O)CNCCCCCCOCCCCc2ccccc2)ccc1O. The molecule has 0 saturated heterocycles. The Morgan fingerprint density at radius 3 is 2.24 bits per heavy atom. The average molecular weight is 584 g/mol. The molecule has 42 heavy (non-hydrogen) atoms. The summed E-state index contributed by atoms with van der Waals surface area (Å²) >= 11 is 0. The maximum atomic E-state index is 10.4. The second-order valence-corrected chi connectivity index (χ2v) is 9.92. The monoisotopic (exact) mass is 583 g/mol. The van der Waals surface area contributed by atoms with Crippen molar-refractivity contribution in [3.05, 3.63) is 89.0 Å². The maximum Gasteiger partial charge on any atom is 0.339 e. The molecule has 3 aromatic rings. The molecule has 0 aliphatic heterocycles. The highest BCUT2D eigenvalue weighted by atomic mass is 16.5. The van der Waals surface area contributed by atoms with Gasteiger partial charge < -0.3 is 40.3 Å². The number of phenols is 2. The third-order valence-corrected chi connectivity index (χ3v) is 6.67. The Kier molecular flexibility index (Phi) is 16.7. The van der Waals surface area contributed by atoms with Crippen LogP contribution in [0.1, 0.15) is 71.7 Å². The van der Waals surface area contributed by atoms with E-state index in [-0.39, 0.29) is 23.7 Å². The van der Waals surface area contributed by atoms with E-state index >= 15 is 0 Å². The maximum absolute atomic E-state index is 10.4. The molecular weight excluding hydrogens is 538 g/mol. The van der Waals surface area contributed by atoms with Gasteiger partial charge >= 0.3 is 5.97 Å². The van der Waals surface area contributed by atoms with Crippen molar-refractivity contribution in [2.75, 3.05) is 33.4 Å². The number of carbonyl (C=O) groups is 1. The van der Waals surface area contributed by atoms with Crippen LogP contribution in [0.3, 0.4) is 0 Å². The standard InChI is InChI=1S/C25H37NO4.C8H8O4/c27-20-23-18-22(13-14-24(23)28)25(29)19-26-15-7-1-2-8-16-30-17-9-6-12-21-10-4-3-5-11-21;1-12-5-2-3-6(8(10)11)7(9)4-5/h3-5,10-11,13-14,18,25-29H,1-2,6-9,12,15-17,19-20H2;2-4,9H,1H3,(H,10,11). The van der Waals surface area contributed by atoms with Gasteiger partial charge in [0, 0.05) is 31.4 Å². The molecule has 0 fully saturated rings. The van der Waals surface area contributed by atoms with Crippen LogP contribution in [0.25, 0.3) is 0 Å². The van der Waals surface area contributed by atoms with E-state index in [1.54, 1.807) is 12.1 Å². The molecule has 3 rings (SSSR count). The first-order valence-electron chi connectivity index (χ1n) is 14.4. The van der Waals surface area contributed by atoms with Gasteiger partial charge in [0.2, 0.25) is 0 Å². The molecule has 0 radical (unpaired) electrons. The normalized spacial score (nSPS) is 11.4. The topological polar surface area (TPSA) is 149 Å². The molecule has 1 atom stereocenters. The van der Waals surface area contributed by atoms with Gasteiger partial charge in [-0.1, -0.05) is 49.2 Å². The zero-order valence-corrected chi connectivity index (χ0v) is 24.4. The molecule has 9 heteroatoms. The van der Waals surface area contributed by atoms with Crippen LogP contribution in [0.5, 0.6) is 17.2 Å². The number of methoxy groups -OCH3 is 1. The number of rotatable bonds is 18. The first-order valence-corrected chi connectivity index (χ1v) is 14.4. The molecule has 0 amide bonds. The predicted octanol–water partition coefficient (Wildman–Crippen LogP) is 5.21. The molecule has 0 bridgehead atoms. The van der Waals surface area contributed by atoms with Crippen molar-refractivity contribution in [2.24, 2.45) is 0 Å². The second-order valence-electron chi connectivity index (χ2n) is 9.92. The summed E-state index contributed by atoms with van der Waals surface area (Å²) in [6, 6.07) is 19.4. The number of nitrogens with one attached hydrogen (secondary N) is 1. The van der Waals surface area contributed by atoms with Crippen molar-refractivity contribution in [1.82, 2.24) is 5.32 Å². The van der Waals surface area contributed by atoms with E-state index in [1.807, 2.05) is 0 Å². The Labute approximate surface area is 248 Å². The second kappa shape index (κ2) is 20.3. The molecular formula is C33H45NO8. The zero-order chi connectivity index (χ0) is 30.6. The molecule has 3 aromatic carbocycles. The number of aryl methyl sites for hydroxylation is 1. The van der Waals surface area contributed by atoms with Crippen molar-refractivity contribution in [3.63, 3.8) is 0 Å². The van der Waals surface area contributed by atoms with E-state index in [9.17, 15) is 20.1 Å². The minimum Gasteiger partial charge on any atom is -0.508 e. The Morgan fingerprint density at radius 1 is 0.857 bits per heavy atom. The molecule has 0 heterocycles. The molecule has 0 spiro atoms. The molecule has 0 aromatic heterocycles. The number of aliphatic hydroxyl groups excluding tert-OH is 2. The van der Waals surface area contributed by atoms with E-state index in [2.05, 4.69) is 35.6 Å². The van der Waals surface area contributed by atoms with Crippen LogP contribution in [0.2, 0.25) is 0 Å². The van der Waals surface area contributed by atoms with Gasteiger partial charge in [0.25, 0.3) is 0 Å². The van der Waals surface area contributed by atoms with Crippen LogP contribution in [-0.4, -0.2) is 64.9 Å². The van der Waals surface area contributed by atoms with Gasteiger partial charge in [-0.05, 0) is 74.0 Å². The lowest BCUT2D eigenvalue weighted by molar-refractivity contribution is 0.0693. The van der Waals surface area contributed by atoms with Crippen molar-refractivity contribution >= 4 is 5.97 Å². The smallest absolute Gasteiger partial charge is 0.339 e. The molecule has 6 N–H and O–H groups in total. The van der Waals surface area contributed by atoms with Crippen LogP contribution in [0.15, 0.2) is 66.7 Å². The molecule has 230 valence electrons. The first kappa shape index (κ1) is 34.6. The van der Waals surface area contributed by atoms with Gasteiger partial charge in [0.05, 0.1) is 19.8 Å². The van der Waals surface area contributed by atoms with Gasteiger partial charge in [-0.2, -0.15) is 0 Å². The third-order valence-electron chi connectivity index (χ3n) is 6.67. The summed E-state index contributed by atoms with van der Waals surface area (Å²) in [5.41, 5.74) is 2.41. The first-order chi connectivity index (χ1) is 20.3. The predicted molar refractivity (Wildman–Crippen MR) is 162 cm³/mol. The van der Waals surface area contributed by atoms with Gasteiger partial charge in [0.1, 0.15) is 22.8 Å². The fraction of sp³-hybridized carbons (Fsp3) is 0.424. The summed E-state index contributed by atoms with van der Waals surface area (Å²) in [7, 11) is 1.44. The Hall–Kier alpha value is -3.63. The summed E-state index contributed by atoms with van der Waals surface area (Å²) in [6.45, 7) is 2.77. The van der Waals surface area contributed by atoms with E-state index < -0.39 is 12.1 Å². The number of unbranched alkanes of at least 4 members (excludes halogenated alkanes) is 4. The Bertz CT molecular complexity index is 1170. The van der Waals surface area contributed by atoms with Crippen LogP contribution in [0, 0.1) is 0 Å². The number of hydrogen-bond acceptors (Lipinski definition) is 8. The average Bonchev–Trinajstić information content (AvgIpc) is 3.00. The van der Waals surface area contributed by atoms with Crippen LogP contribution >= 0.6 is 0 Å². The Balaban J connectivity index is 0.000000428. The van der Waals surface area contributed by atoms with Crippen LogP contribution in [0.4, 0.5) is 0 Å². The summed E-state index contributed by atoms with van der Waals surface area (Å²) in [5.74, 6) is -0.966. The summed E-state index contributed by atoms with van der Waals surface area (Å²) in [5, 5.41) is 49.9. The quantitative estimate of drug-likeness (QED) is 0.111. The van der Waals surface area contributed by atoms with Gasteiger partial charge in [-0.25, -0.2) is 4.79 Å². The van der Waals surface area contributed by atoms with Crippen molar-refractivity contribution in [3.8, 4) is 17.2 Å². The van der Waals surface area contributed by atoms with Crippen molar-refractivity contribution < 1.29 is 39.8 Å². The number of benzene rings is 3. The molecule has 0 aliphatic rings. The summed E-state index contributed by atoms with van der Waals surface area (Å²) < 4.78 is 10.5. The lowest BCUT2D eigenvalue weighted by Gasteiger charge is -2.14. The molecule has 1 unspecified atom stereocenters. The van der Waals surface area contributed by atoms with Gasteiger partial charge in [0.15, 0.2) is 0 Å². The minimum atomic E-state index is -1.16. The lowest BCUT2D eigenvalue weighted by atomic mass is 10.1. The lowest BCUT2D eigenvalue weighted by Crippen LogP contribution is -2.22. The van der Waals surface area contributed by atoms with E-state index in [0.717, 1.165) is 58.3 Å². The number of aromatic hydroxyl groups is 2. The Morgan fingerprint density at radius 2 is 1.57 bits per heavy atom. The fourth-order valence-corrected chi connectivity index (χ4v) is 4.20. The number of aromatic carboxylic acids is 1. The van der Waals surface area contributed by atoms with Crippen molar-refractivity contribution in [1.29, 1.82) is 0 Å². The number of carboxylic acids is 1.